The zero-order chi connectivity index (χ0) is 11.4. The molecule has 1 aliphatic rings. The highest BCUT2D eigenvalue weighted by molar-refractivity contribution is 9.09. The van der Waals surface area contributed by atoms with Crippen molar-refractivity contribution in [2.24, 2.45) is 5.41 Å². The Bertz CT molecular complexity index is 190. The minimum Gasteiger partial charge on any atom is -0.381 e. The van der Waals surface area contributed by atoms with E-state index in [2.05, 4.69) is 15.9 Å². The SMILES string of the molecule is FC(F)(F)COCC1(CBr)CCOCC1. The lowest BCUT2D eigenvalue weighted by atomic mass is 9.83. The van der Waals surface area contributed by atoms with Crippen LogP contribution in [-0.2, 0) is 9.47 Å². The molecule has 1 rings (SSSR count). The summed E-state index contributed by atoms with van der Waals surface area (Å²) in [6.07, 6.45) is -2.75. The molecule has 0 aromatic rings. The molecule has 0 spiro atoms. The van der Waals surface area contributed by atoms with Gasteiger partial charge in [-0.25, -0.2) is 0 Å². The van der Waals surface area contributed by atoms with Gasteiger partial charge in [0.25, 0.3) is 0 Å². The van der Waals surface area contributed by atoms with E-state index >= 15 is 0 Å². The van der Waals surface area contributed by atoms with Gasteiger partial charge in [0.1, 0.15) is 6.61 Å². The minimum atomic E-state index is -4.24. The Hall–Kier alpha value is 0.190. The van der Waals surface area contributed by atoms with Crippen molar-refractivity contribution in [2.45, 2.75) is 19.0 Å². The highest BCUT2D eigenvalue weighted by atomic mass is 79.9. The second kappa shape index (κ2) is 5.50. The summed E-state index contributed by atoms with van der Waals surface area (Å²) in [6, 6.07) is 0. The van der Waals surface area contributed by atoms with Crippen molar-refractivity contribution in [1.82, 2.24) is 0 Å². The van der Waals surface area contributed by atoms with Crippen LogP contribution >= 0.6 is 15.9 Å². The zero-order valence-electron chi connectivity index (χ0n) is 8.28. The van der Waals surface area contributed by atoms with Crippen LogP contribution in [0.4, 0.5) is 13.2 Å². The first-order valence-electron chi connectivity index (χ1n) is 4.76. The van der Waals surface area contributed by atoms with Gasteiger partial charge < -0.3 is 9.47 Å². The molecule has 0 aromatic carbocycles. The molecule has 0 saturated carbocycles. The molecule has 0 unspecified atom stereocenters. The molecule has 0 bridgehead atoms. The van der Waals surface area contributed by atoms with Gasteiger partial charge in [-0.15, -0.1) is 0 Å². The number of hydrogen-bond acceptors (Lipinski definition) is 2. The standard InChI is InChI=1S/C9H14BrF3O2/c10-5-8(1-3-14-4-2-8)6-15-7-9(11,12)13/h1-7H2. The third kappa shape index (κ3) is 4.70. The molecule has 0 radical (unpaired) electrons. The van der Waals surface area contributed by atoms with Crippen molar-refractivity contribution >= 4 is 15.9 Å². The van der Waals surface area contributed by atoms with E-state index in [0.29, 0.717) is 18.5 Å². The normalized spacial score (nSPS) is 21.6. The molecule has 0 atom stereocenters. The van der Waals surface area contributed by atoms with Gasteiger partial charge >= 0.3 is 6.18 Å². The third-order valence-electron chi connectivity index (χ3n) is 2.51. The third-order valence-corrected chi connectivity index (χ3v) is 3.70. The summed E-state index contributed by atoms with van der Waals surface area (Å²) in [5.74, 6) is 0. The van der Waals surface area contributed by atoms with Crippen LogP contribution in [0.2, 0.25) is 0 Å². The molecule has 0 N–H and O–H groups in total. The van der Waals surface area contributed by atoms with Gasteiger partial charge in [0, 0.05) is 24.0 Å². The fourth-order valence-corrected chi connectivity index (χ4v) is 2.23. The van der Waals surface area contributed by atoms with Crippen molar-refractivity contribution in [2.75, 3.05) is 31.8 Å². The van der Waals surface area contributed by atoms with Crippen LogP contribution in [0.3, 0.4) is 0 Å². The highest BCUT2D eigenvalue weighted by Gasteiger charge is 2.34. The smallest absolute Gasteiger partial charge is 0.381 e. The Morgan fingerprint density at radius 1 is 1.27 bits per heavy atom. The number of halogens is 4. The quantitative estimate of drug-likeness (QED) is 0.742. The van der Waals surface area contributed by atoms with Gasteiger partial charge in [0.2, 0.25) is 0 Å². The maximum atomic E-state index is 11.9. The summed E-state index contributed by atoms with van der Waals surface area (Å²) in [7, 11) is 0. The predicted octanol–water partition coefficient (Wildman–Crippen LogP) is 2.76. The number of rotatable bonds is 4. The summed E-state index contributed by atoms with van der Waals surface area (Å²) >= 11 is 3.33. The van der Waals surface area contributed by atoms with Crippen LogP contribution in [0.5, 0.6) is 0 Å². The van der Waals surface area contributed by atoms with E-state index in [1.165, 1.54) is 0 Å². The van der Waals surface area contributed by atoms with Gasteiger partial charge in [-0.05, 0) is 12.8 Å². The van der Waals surface area contributed by atoms with E-state index in [1.807, 2.05) is 0 Å². The van der Waals surface area contributed by atoms with Crippen LogP contribution in [-0.4, -0.2) is 37.9 Å². The number of ether oxygens (including phenoxy) is 2. The molecule has 0 aliphatic carbocycles. The van der Waals surface area contributed by atoms with Crippen LogP contribution < -0.4 is 0 Å². The molecule has 1 aliphatic heterocycles. The molecule has 2 nitrogen and oxygen atoms in total. The summed E-state index contributed by atoms with van der Waals surface area (Å²) in [4.78, 5) is 0. The molecule has 0 amide bonds. The van der Waals surface area contributed by atoms with E-state index < -0.39 is 12.8 Å². The fourth-order valence-electron chi connectivity index (χ4n) is 1.50. The first-order valence-corrected chi connectivity index (χ1v) is 5.88. The molecular weight excluding hydrogens is 277 g/mol. The van der Waals surface area contributed by atoms with E-state index in [-0.39, 0.29) is 12.0 Å². The van der Waals surface area contributed by atoms with E-state index in [0.717, 1.165) is 12.8 Å². The topological polar surface area (TPSA) is 18.5 Å². The number of hydrogen-bond donors (Lipinski definition) is 0. The lowest BCUT2D eigenvalue weighted by molar-refractivity contribution is -0.182. The molecule has 1 heterocycles. The van der Waals surface area contributed by atoms with Gasteiger partial charge in [0.05, 0.1) is 6.61 Å². The van der Waals surface area contributed by atoms with Gasteiger partial charge in [-0.1, -0.05) is 15.9 Å². The summed E-state index contributed by atoms with van der Waals surface area (Å²) in [5, 5.41) is 0.654. The molecule has 1 fully saturated rings. The summed E-state index contributed by atoms with van der Waals surface area (Å²) < 4.78 is 45.5. The Morgan fingerprint density at radius 3 is 2.33 bits per heavy atom. The number of alkyl halides is 4. The lowest BCUT2D eigenvalue weighted by Crippen LogP contribution is -2.36. The first kappa shape index (κ1) is 13.3. The van der Waals surface area contributed by atoms with Gasteiger partial charge in [-0.2, -0.15) is 13.2 Å². The Kier molecular flexibility index (Phi) is 4.86. The van der Waals surface area contributed by atoms with Crippen LogP contribution in [0, 0.1) is 5.41 Å². The van der Waals surface area contributed by atoms with Gasteiger partial charge in [0.15, 0.2) is 0 Å². The first-order chi connectivity index (χ1) is 6.97. The van der Waals surface area contributed by atoms with Crippen LogP contribution in [0.1, 0.15) is 12.8 Å². The maximum Gasteiger partial charge on any atom is 0.411 e. The second-order valence-electron chi connectivity index (χ2n) is 3.85. The molecule has 0 aromatic heterocycles. The van der Waals surface area contributed by atoms with Crippen molar-refractivity contribution in [1.29, 1.82) is 0 Å². The minimum absolute atomic E-state index is 0.140. The van der Waals surface area contributed by atoms with Crippen LogP contribution in [0.25, 0.3) is 0 Å². The highest BCUT2D eigenvalue weighted by Crippen LogP contribution is 2.33. The van der Waals surface area contributed by atoms with Crippen LogP contribution in [0.15, 0.2) is 0 Å². The average molecular weight is 291 g/mol. The summed E-state index contributed by atoms with van der Waals surface area (Å²) in [6.45, 7) is 0.172. The second-order valence-corrected chi connectivity index (χ2v) is 4.41. The van der Waals surface area contributed by atoms with E-state index in [9.17, 15) is 13.2 Å². The van der Waals surface area contributed by atoms with Crippen molar-refractivity contribution in [3.63, 3.8) is 0 Å². The van der Waals surface area contributed by atoms with Crippen molar-refractivity contribution in [3.05, 3.63) is 0 Å². The molecule has 1 saturated heterocycles. The van der Waals surface area contributed by atoms with Gasteiger partial charge in [-0.3, -0.25) is 0 Å². The predicted molar refractivity (Wildman–Crippen MR) is 53.2 cm³/mol. The maximum absolute atomic E-state index is 11.9. The Morgan fingerprint density at radius 2 is 1.87 bits per heavy atom. The van der Waals surface area contributed by atoms with E-state index in [4.69, 9.17) is 9.47 Å². The monoisotopic (exact) mass is 290 g/mol. The average Bonchev–Trinajstić information content (AvgIpc) is 2.17. The fraction of sp³-hybridized carbons (Fsp3) is 1.00. The van der Waals surface area contributed by atoms with Crippen molar-refractivity contribution < 1.29 is 22.6 Å². The summed E-state index contributed by atoms with van der Waals surface area (Å²) in [5.41, 5.74) is -0.191. The molecule has 15 heavy (non-hydrogen) atoms. The van der Waals surface area contributed by atoms with Crippen molar-refractivity contribution in [3.8, 4) is 0 Å². The van der Waals surface area contributed by atoms with E-state index in [1.54, 1.807) is 0 Å². The molecule has 6 heteroatoms. The zero-order valence-corrected chi connectivity index (χ0v) is 9.86. The Balaban J connectivity index is 2.33. The molecular formula is C9H14BrF3O2. The molecule has 90 valence electrons. The largest absolute Gasteiger partial charge is 0.411 e. The lowest BCUT2D eigenvalue weighted by Gasteiger charge is -2.35. The Labute approximate surface area is 95.2 Å².